The number of hydrogen-bond acceptors (Lipinski definition) is 3. The normalized spacial score (nSPS) is 10.2. The number of carbonyl (C=O) groups is 2. The number of amides is 1. The number of aromatic nitrogens is 1. The van der Waals surface area contributed by atoms with Crippen molar-refractivity contribution in [3.63, 3.8) is 0 Å². The zero-order valence-corrected chi connectivity index (χ0v) is 9.69. The number of ether oxygens (including phenoxy) is 1. The van der Waals surface area contributed by atoms with E-state index in [1.807, 2.05) is 13.8 Å². The number of methoxy groups -OCH3 is 1. The maximum Gasteiger partial charge on any atom is 0.325 e. The molecule has 0 aromatic carbocycles. The van der Waals surface area contributed by atoms with Gasteiger partial charge in [0.15, 0.2) is 0 Å². The maximum atomic E-state index is 12.0. The van der Waals surface area contributed by atoms with Crippen molar-refractivity contribution < 1.29 is 14.3 Å². The predicted octanol–water partition coefficient (Wildman–Crippen LogP) is 1.04. The molecule has 1 rings (SSSR count). The molecule has 0 atom stereocenters. The second-order valence-corrected chi connectivity index (χ2v) is 3.69. The molecular weight excluding hydrogens is 208 g/mol. The summed E-state index contributed by atoms with van der Waals surface area (Å²) in [5.74, 6) is -0.626. The highest BCUT2D eigenvalue weighted by molar-refractivity contribution is 5.94. The van der Waals surface area contributed by atoms with Gasteiger partial charge in [-0.25, -0.2) is 0 Å². The molecule has 0 bridgehead atoms. The number of nitrogens with zero attached hydrogens (tertiary/aromatic N) is 1. The molecule has 0 aliphatic rings. The van der Waals surface area contributed by atoms with Crippen LogP contribution in [0, 0.1) is 0 Å². The van der Waals surface area contributed by atoms with Crippen LogP contribution in [0.4, 0.5) is 0 Å². The van der Waals surface area contributed by atoms with E-state index in [2.05, 4.69) is 9.72 Å². The first-order valence-corrected chi connectivity index (χ1v) is 5.07. The fraction of sp³-hybridized carbons (Fsp3) is 0.455. The van der Waals surface area contributed by atoms with E-state index >= 15 is 0 Å². The summed E-state index contributed by atoms with van der Waals surface area (Å²) in [5.41, 5.74) is 0.470. The summed E-state index contributed by atoms with van der Waals surface area (Å²) in [6.07, 6.45) is 1.67. The lowest BCUT2D eigenvalue weighted by Gasteiger charge is -2.24. The molecule has 0 aliphatic heterocycles. The van der Waals surface area contributed by atoms with Gasteiger partial charge >= 0.3 is 5.97 Å². The average Bonchev–Trinajstić information content (AvgIpc) is 2.77. The lowest BCUT2D eigenvalue weighted by Crippen LogP contribution is -2.41. The first-order valence-electron chi connectivity index (χ1n) is 5.07. The molecule has 88 valence electrons. The first-order chi connectivity index (χ1) is 7.56. The van der Waals surface area contributed by atoms with Gasteiger partial charge in [0, 0.05) is 12.2 Å². The van der Waals surface area contributed by atoms with E-state index in [-0.39, 0.29) is 18.5 Å². The van der Waals surface area contributed by atoms with Gasteiger partial charge in [-0.3, -0.25) is 9.59 Å². The molecule has 5 nitrogen and oxygen atoms in total. The van der Waals surface area contributed by atoms with Crippen LogP contribution in [0.2, 0.25) is 0 Å². The van der Waals surface area contributed by atoms with E-state index in [9.17, 15) is 9.59 Å². The lowest BCUT2D eigenvalue weighted by molar-refractivity contribution is -0.141. The molecule has 0 fully saturated rings. The van der Waals surface area contributed by atoms with Crippen molar-refractivity contribution in [3.8, 4) is 0 Å². The van der Waals surface area contributed by atoms with Gasteiger partial charge in [-0.05, 0) is 26.0 Å². The van der Waals surface area contributed by atoms with Crippen LogP contribution in [0.5, 0.6) is 0 Å². The number of esters is 1. The molecule has 0 radical (unpaired) electrons. The Labute approximate surface area is 94.4 Å². The van der Waals surface area contributed by atoms with E-state index in [1.54, 1.807) is 18.3 Å². The summed E-state index contributed by atoms with van der Waals surface area (Å²) in [6.45, 7) is 3.67. The van der Waals surface area contributed by atoms with Gasteiger partial charge in [-0.2, -0.15) is 0 Å². The number of aromatic amines is 1. The van der Waals surface area contributed by atoms with E-state index in [0.717, 1.165) is 0 Å². The Morgan fingerprint density at radius 3 is 2.62 bits per heavy atom. The largest absolute Gasteiger partial charge is 0.468 e. The van der Waals surface area contributed by atoms with E-state index in [4.69, 9.17) is 0 Å². The molecular formula is C11H16N2O3. The highest BCUT2D eigenvalue weighted by Gasteiger charge is 2.22. The van der Waals surface area contributed by atoms with Gasteiger partial charge in [0.25, 0.3) is 5.91 Å². The van der Waals surface area contributed by atoms with Gasteiger partial charge in [0.1, 0.15) is 12.2 Å². The number of rotatable bonds is 4. The van der Waals surface area contributed by atoms with Crippen LogP contribution in [0.25, 0.3) is 0 Å². The Morgan fingerprint density at radius 1 is 1.50 bits per heavy atom. The van der Waals surface area contributed by atoms with E-state index in [1.165, 1.54) is 12.0 Å². The van der Waals surface area contributed by atoms with Gasteiger partial charge in [0.2, 0.25) is 0 Å². The van der Waals surface area contributed by atoms with E-state index in [0.29, 0.717) is 5.69 Å². The summed E-state index contributed by atoms with van der Waals surface area (Å²) >= 11 is 0. The van der Waals surface area contributed by atoms with Crippen LogP contribution >= 0.6 is 0 Å². The maximum absolute atomic E-state index is 12.0. The van der Waals surface area contributed by atoms with Gasteiger partial charge in [-0.1, -0.05) is 0 Å². The Morgan fingerprint density at radius 2 is 2.19 bits per heavy atom. The second-order valence-electron chi connectivity index (χ2n) is 3.69. The standard InChI is InChI=1S/C11H16N2O3/c1-8(2)13(7-10(14)16-3)11(15)9-5-4-6-12-9/h4-6,8,12H,7H2,1-3H3. The molecule has 5 heteroatoms. The topological polar surface area (TPSA) is 62.4 Å². The van der Waals surface area contributed by atoms with Crippen molar-refractivity contribution in [2.24, 2.45) is 0 Å². The van der Waals surface area contributed by atoms with Crippen molar-refractivity contribution in [2.75, 3.05) is 13.7 Å². The minimum Gasteiger partial charge on any atom is -0.468 e. The molecule has 1 aromatic rings. The molecule has 0 aliphatic carbocycles. The minimum atomic E-state index is -0.423. The van der Waals surface area contributed by atoms with Crippen molar-refractivity contribution in [1.29, 1.82) is 0 Å². The molecule has 1 heterocycles. The molecule has 0 spiro atoms. The highest BCUT2D eigenvalue weighted by Crippen LogP contribution is 2.06. The van der Waals surface area contributed by atoms with Crippen LogP contribution in [-0.2, 0) is 9.53 Å². The number of hydrogen-bond donors (Lipinski definition) is 1. The zero-order valence-electron chi connectivity index (χ0n) is 9.69. The molecule has 1 amide bonds. The number of carbonyl (C=O) groups excluding carboxylic acids is 2. The second kappa shape index (κ2) is 5.34. The number of H-pyrrole nitrogens is 1. The van der Waals surface area contributed by atoms with Crippen molar-refractivity contribution in [1.82, 2.24) is 9.88 Å². The fourth-order valence-corrected chi connectivity index (χ4v) is 1.31. The number of nitrogens with one attached hydrogen (secondary N) is 1. The van der Waals surface area contributed by atoms with Crippen molar-refractivity contribution >= 4 is 11.9 Å². The van der Waals surface area contributed by atoms with E-state index < -0.39 is 5.97 Å². The predicted molar refractivity (Wildman–Crippen MR) is 59.0 cm³/mol. The van der Waals surface area contributed by atoms with Gasteiger partial charge in [-0.15, -0.1) is 0 Å². The summed E-state index contributed by atoms with van der Waals surface area (Å²) in [7, 11) is 1.31. The first kappa shape index (κ1) is 12.3. The van der Waals surface area contributed by atoms with Gasteiger partial charge in [0.05, 0.1) is 7.11 Å². The molecule has 1 N–H and O–H groups in total. The van der Waals surface area contributed by atoms with Gasteiger partial charge < -0.3 is 14.6 Å². The van der Waals surface area contributed by atoms with Crippen LogP contribution < -0.4 is 0 Å². The molecule has 0 unspecified atom stereocenters. The van der Waals surface area contributed by atoms with Crippen LogP contribution in [0.3, 0.4) is 0 Å². The molecule has 0 saturated heterocycles. The summed E-state index contributed by atoms with van der Waals surface area (Å²) in [5, 5.41) is 0. The monoisotopic (exact) mass is 224 g/mol. The van der Waals surface area contributed by atoms with Crippen LogP contribution in [0.1, 0.15) is 24.3 Å². The molecule has 1 aromatic heterocycles. The SMILES string of the molecule is COC(=O)CN(C(=O)c1ccc[nH]1)C(C)C. The zero-order chi connectivity index (χ0) is 12.1. The van der Waals surface area contributed by atoms with Crippen molar-refractivity contribution in [2.45, 2.75) is 19.9 Å². The fourth-order valence-electron chi connectivity index (χ4n) is 1.31. The summed E-state index contributed by atoms with van der Waals surface area (Å²) in [4.78, 5) is 27.4. The Balaban J connectivity index is 2.78. The Hall–Kier alpha value is -1.78. The molecule has 16 heavy (non-hydrogen) atoms. The highest BCUT2D eigenvalue weighted by atomic mass is 16.5. The quantitative estimate of drug-likeness (QED) is 0.777. The van der Waals surface area contributed by atoms with Crippen LogP contribution in [0.15, 0.2) is 18.3 Å². The Bertz CT molecular complexity index is 357. The van der Waals surface area contributed by atoms with Crippen molar-refractivity contribution in [3.05, 3.63) is 24.0 Å². The Kier molecular flexibility index (Phi) is 4.10. The minimum absolute atomic E-state index is 0.0357. The molecule has 0 saturated carbocycles. The van der Waals surface area contributed by atoms with Crippen LogP contribution in [-0.4, -0.2) is 41.5 Å². The third-order valence-electron chi connectivity index (χ3n) is 2.24. The summed E-state index contributed by atoms with van der Waals surface area (Å²) < 4.78 is 4.56. The third kappa shape index (κ3) is 2.85. The lowest BCUT2D eigenvalue weighted by atomic mass is 10.2. The summed E-state index contributed by atoms with van der Waals surface area (Å²) in [6, 6.07) is 3.36. The third-order valence-corrected chi connectivity index (χ3v) is 2.24. The average molecular weight is 224 g/mol. The smallest absolute Gasteiger partial charge is 0.325 e.